The molecule has 1 atom stereocenters. The Bertz CT molecular complexity index is 457. The number of benzene rings is 1. The summed E-state index contributed by atoms with van der Waals surface area (Å²) in [6.07, 6.45) is 5.02. The summed E-state index contributed by atoms with van der Waals surface area (Å²) in [5.74, 6) is 0. The van der Waals surface area contributed by atoms with Crippen molar-refractivity contribution in [3.05, 3.63) is 34.3 Å². The van der Waals surface area contributed by atoms with E-state index in [0.717, 1.165) is 29.5 Å². The van der Waals surface area contributed by atoms with E-state index in [0.29, 0.717) is 0 Å². The molecule has 0 spiro atoms. The predicted octanol–water partition coefficient (Wildman–Crippen LogP) is 3.69. The number of likely N-dealkylation sites (tertiary alicyclic amines) is 1. The minimum absolute atomic E-state index is 0.00944. The summed E-state index contributed by atoms with van der Waals surface area (Å²) < 4.78 is 1.05. The van der Waals surface area contributed by atoms with Gasteiger partial charge in [-0.25, -0.2) is 4.79 Å². The standard InChI is InChI=1S/C17H26BrN3O/c1-14(15-6-8-16(18)9-7-15)20-17(22)19-10-5-13-21-11-3-2-4-12-21/h6-9,14H,2-5,10-13H2,1H3,(H2,19,20,22). The van der Waals surface area contributed by atoms with Crippen LogP contribution in [0, 0.1) is 0 Å². The average Bonchev–Trinajstić information content (AvgIpc) is 2.53. The lowest BCUT2D eigenvalue weighted by atomic mass is 10.1. The summed E-state index contributed by atoms with van der Waals surface area (Å²) in [6.45, 7) is 6.24. The van der Waals surface area contributed by atoms with Crippen molar-refractivity contribution in [1.82, 2.24) is 15.5 Å². The number of hydrogen-bond donors (Lipinski definition) is 2. The Labute approximate surface area is 141 Å². The van der Waals surface area contributed by atoms with Crippen LogP contribution < -0.4 is 10.6 Å². The first-order chi connectivity index (χ1) is 10.6. The second-order valence-electron chi connectivity index (χ2n) is 5.93. The second kappa shape index (κ2) is 9.16. The summed E-state index contributed by atoms with van der Waals surface area (Å²) in [7, 11) is 0. The largest absolute Gasteiger partial charge is 0.338 e. The number of amides is 2. The van der Waals surface area contributed by atoms with Crippen LogP contribution in [0.3, 0.4) is 0 Å². The highest BCUT2D eigenvalue weighted by Crippen LogP contribution is 2.16. The molecular weight excluding hydrogens is 342 g/mol. The fraction of sp³-hybridized carbons (Fsp3) is 0.588. The molecule has 0 aliphatic carbocycles. The van der Waals surface area contributed by atoms with E-state index in [9.17, 15) is 4.79 Å². The lowest BCUT2D eigenvalue weighted by Gasteiger charge is -2.26. The SMILES string of the molecule is CC(NC(=O)NCCCN1CCCCC1)c1ccc(Br)cc1. The number of rotatable bonds is 6. The molecule has 1 aliphatic rings. The number of nitrogens with zero attached hydrogens (tertiary/aromatic N) is 1. The van der Waals surface area contributed by atoms with Gasteiger partial charge in [-0.15, -0.1) is 0 Å². The molecule has 1 fully saturated rings. The number of carbonyl (C=O) groups is 1. The zero-order valence-electron chi connectivity index (χ0n) is 13.3. The smallest absolute Gasteiger partial charge is 0.315 e. The molecule has 1 unspecified atom stereocenters. The number of piperidine rings is 1. The van der Waals surface area contributed by atoms with Crippen molar-refractivity contribution in [2.75, 3.05) is 26.2 Å². The second-order valence-corrected chi connectivity index (χ2v) is 6.85. The number of urea groups is 1. The summed E-state index contributed by atoms with van der Waals surface area (Å²) in [6, 6.07) is 7.94. The molecule has 1 saturated heterocycles. The molecule has 4 nitrogen and oxygen atoms in total. The van der Waals surface area contributed by atoms with E-state index in [1.807, 2.05) is 31.2 Å². The number of hydrogen-bond acceptors (Lipinski definition) is 2. The van der Waals surface area contributed by atoms with E-state index in [2.05, 4.69) is 31.5 Å². The van der Waals surface area contributed by atoms with Gasteiger partial charge in [0.05, 0.1) is 6.04 Å². The minimum Gasteiger partial charge on any atom is -0.338 e. The molecule has 2 amide bonds. The molecule has 1 aliphatic heterocycles. The molecule has 0 saturated carbocycles. The maximum absolute atomic E-state index is 11.9. The van der Waals surface area contributed by atoms with Crippen LogP contribution in [0.1, 0.15) is 44.2 Å². The topological polar surface area (TPSA) is 44.4 Å². The van der Waals surface area contributed by atoms with Crippen molar-refractivity contribution < 1.29 is 4.79 Å². The van der Waals surface area contributed by atoms with Crippen LogP contribution >= 0.6 is 15.9 Å². The van der Waals surface area contributed by atoms with Gasteiger partial charge in [0, 0.05) is 11.0 Å². The third kappa shape index (κ3) is 5.97. The Kier molecular flexibility index (Phi) is 7.19. The zero-order chi connectivity index (χ0) is 15.8. The van der Waals surface area contributed by atoms with Gasteiger partial charge in [0.25, 0.3) is 0 Å². The van der Waals surface area contributed by atoms with Crippen LogP contribution in [0.4, 0.5) is 4.79 Å². The zero-order valence-corrected chi connectivity index (χ0v) is 14.9. The highest BCUT2D eigenvalue weighted by Gasteiger charge is 2.11. The first-order valence-electron chi connectivity index (χ1n) is 8.17. The molecule has 0 radical (unpaired) electrons. The predicted molar refractivity (Wildman–Crippen MR) is 94.0 cm³/mol. The van der Waals surface area contributed by atoms with Crippen molar-refractivity contribution >= 4 is 22.0 Å². The fourth-order valence-corrected chi connectivity index (χ4v) is 3.03. The van der Waals surface area contributed by atoms with Gasteiger partial charge in [0.15, 0.2) is 0 Å². The molecule has 1 heterocycles. The van der Waals surface area contributed by atoms with E-state index in [1.165, 1.54) is 32.4 Å². The number of nitrogens with one attached hydrogen (secondary N) is 2. The molecule has 5 heteroatoms. The normalized spacial score (nSPS) is 17.0. The number of halogens is 1. The molecule has 2 N–H and O–H groups in total. The fourth-order valence-electron chi connectivity index (χ4n) is 2.77. The molecule has 1 aromatic carbocycles. The van der Waals surface area contributed by atoms with Gasteiger partial charge < -0.3 is 15.5 Å². The van der Waals surface area contributed by atoms with E-state index < -0.39 is 0 Å². The highest BCUT2D eigenvalue weighted by molar-refractivity contribution is 9.10. The average molecular weight is 368 g/mol. The van der Waals surface area contributed by atoms with Crippen LogP contribution in [0.15, 0.2) is 28.7 Å². The summed E-state index contributed by atoms with van der Waals surface area (Å²) in [4.78, 5) is 14.4. The van der Waals surface area contributed by atoms with Gasteiger partial charge in [-0.2, -0.15) is 0 Å². The van der Waals surface area contributed by atoms with Crippen molar-refractivity contribution in [3.8, 4) is 0 Å². The monoisotopic (exact) mass is 367 g/mol. The lowest BCUT2D eigenvalue weighted by Crippen LogP contribution is -2.39. The van der Waals surface area contributed by atoms with Crippen molar-refractivity contribution in [2.24, 2.45) is 0 Å². The quantitative estimate of drug-likeness (QED) is 0.753. The van der Waals surface area contributed by atoms with Gasteiger partial charge in [-0.1, -0.05) is 34.5 Å². The Morgan fingerprint density at radius 1 is 1.23 bits per heavy atom. The lowest BCUT2D eigenvalue weighted by molar-refractivity contribution is 0.221. The Morgan fingerprint density at radius 2 is 1.91 bits per heavy atom. The van der Waals surface area contributed by atoms with Gasteiger partial charge in [0.2, 0.25) is 0 Å². The van der Waals surface area contributed by atoms with Crippen LogP contribution in [-0.2, 0) is 0 Å². The van der Waals surface area contributed by atoms with Crippen LogP contribution in [0.2, 0.25) is 0 Å². The van der Waals surface area contributed by atoms with Gasteiger partial charge in [-0.05, 0) is 63.5 Å². The molecule has 0 bridgehead atoms. The van der Waals surface area contributed by atoms with Crippen LogP contribution in [0.25, 0.3) is 0 Å². The molecule has 2 rings (SSSR count). The molecule has 0 aromatic heterocycles. The van der Waals surface area contributed by atoms with E-state index in [-0.39, 0.29) is 12.1 Å². The highest BCUT2D eigenvalue weighted by atomic mass is 79.9. The third-order valence-corrected chi connectivity index (χ3v) is 4.63. The summed E-state index contributed by atoms with van der Waals surface area (Å²) >= 11 is 3.42. The van der Waals surface area contributed by atoms with Crippen molar-refractivity contribution in [2.45, 2.75) is 38.6 Å². The molecular formula is C17H26BrN3O. The third-order valence-electron chi connectivity index (χ3n) is 4.10. The van der Waals surface area contributed by atoms with Gasteiger partial charge in [0.1, 0.15) is 0 Å². The first kappa shape index (κ1) is 17.3. The molecule has 22 heavy (non-hydrogen) atoms. The first-order valence-corrected chi connectivity index (χ1v) is 8.96. The van der Waals surface area contributed by atoms with E-state index in [1.54, 1.807) is 0 Å². The maximum Gasteiger partial charge on any atom is 0.315 e. The van der Waals surface area contributed by atoms with Crippen molar-refractivity contribution in [3.63, 3.8) is 0 Å². The van der Waals surface area contributed by atoms with E-state index >= 15 is 0 Å². The maximum atomic E-state index is 11.9. The molecule has 122 valence electrons. The van der Waals surface area contributed by atoms with Crippen LogP contribution in [0.5, 0.6) is 0 Å². The van der Waals surface area contributed by atoms with Crippen molar-refractivity contribution in [1.29, 1.82) is 0 Å². The Balaban J connectivity index is 1.61. The van der Waals surface area contributed by atoms with Gasteiger partial charge in [-0.3, -0.25) is 0 Å². The van der Waals surface area contributed by atoms with Gasteiger partial charge >= 0.3 is 6.03 Å². The minimum atomic E-state index is -0.0888. The Morgan fingerprint density at radius 3 is 2.59 bits per heavy atom. The van der Waals surface area contributed by atoms with Crippen LogP contribution in [-0.4, -0.2) is 37.1 Å². The summed E-state index contributed by atoms with van der Waals surface area (Å²) in [5, 5.41) is 5.92. The molecule has 1 aromatic rings. The number of carbonyl (C=O) groups excluding carboxylic acids is 1. The Hall–Kier alpha value is -1.07. The van der Waals surface area contributed by atoms with E-state index in [4.69, 9.17) is 0 Å². The summed E-state index contributed by atoms with van der Waals surface area (Å²) in [5.41, 5.74) is 1.10.